The zero-order valence-corrected chi connectivity index (χ0v) is 15.1. The Morgan fingerprint density at radius 3 is 2.64 bits per heavy atom. The van der Waals surface area contributed by atoms with E-state index in [0.29, 0.717) is 36.7 Å². The van der Waals surface area contributed by atoms with Crippen LogP contribution < -0.4 is 5.73 Å². The van der Waals surface area contributed by atoms with E-state index in [0.717, 1.165) is 18.4 Å². The minimum Gasteiger partial charge on any atom is -0.508 e. The molecule has 2 saturated heterocycles. The highest BCUT2D eigenvalue weighted by atomic mass is 35.5. The number of rotatable bonds is 3. The summed E-state index contributed by atoms with van der Waals surface area (Å²) in [5, 5.41) is 20.6. The number of piperidine rings is 1. The molecule has 25 heavy (non-hydrogen) atoms. The first kappa shape index (κ1) is 18.5. The van der Waals surface area contributed by atoms with Gasteiger partial charge in [-0.15, -0.1) is 0 Å². The molecule has 6 nitrogen and oxygen atoms in total. The number of aryl methyl sites for hydroxylation is 1. The lowest BCUT2D eigenvalue weighted by Crippen LogP contribution is -2.47. The molecule has 2 aliphatic rings. The lowest BCUT2D eigenvalue weighted by molar-refractivity contribution is -0.146. The van der Waals surface area contributed by atoms with E-state index in [2.05, 4.69) is 0 Å². The molecule has 0 aliphatic carbocycles. The average Bonchev–Trinajstić information content (AvgIpc) is 3.03. The molecule has 1 aromatic carbocycles. The van der Waals surface area contributed by atoms with Crippen molar-refractivity contribution >= 4 is 17.5 Å². The van der Waals surface area contributed by atoms with Gasteiger partial charge in [0.05, 0.1) is 12.7 Å². The number of amides is 1. The number of nitrogens with zero attached hydrogens (tertiary/aromatic N) is 1. The normalized spacial score (nSPS) is 26.0. The minimum atomic E-state index is -0.731. The molecule has 0 radical (unpaired) electrons. The first-order valence-electron chi connectivity index (χ1n) is 8.71. The van der Waals surface area contributed by atoms with Crippen LogP contribution in [0.2, 0.25) is 5.02 Å². The zero-order valence-electron chi connectivity index (χ0n) is 14.3. The first-order valence-corrected chi connectivity index (χ1v) is 9.09. The first-order chi connectivity index (χ1) is 11.9. The van der Waals surface area contributed by atoms with Gasteiger partial charge in [-0.3, -0.25) is 4.79 Å². The second-order valence-electron chi connectivity index (χ2n) is 7.00. The van der Waals surface area contributed by atoms with Crippen molar-refractivity contribution < 1.29 is 19.7 Å². The van der Waals surface area contributed by atoms with Crippen molar-refractivity contribution in [2.75, 3.05) is 19.7 Å². The molecular formula is C18H25ClN2O4. The third-order valence-corrected chi connectivity index (χ3v) is 5.74. The highest BCUT2D eigenvalue weighted by molar-refractivity contribution is 6.31. The average molecular weight is 369 g/mol. The zero-order chi connectivity index (χ0) is 18.1. The summed E-state index contributed by atoms with van der Waals surface area (Å²) < 4.78 is 5.35. The molecule has 138 valence electrons. The lowest BCUT2D eigenvalue weighted by Gasteiger charge is -2.36. The molecule has 2 fully saturated rings. The highest BCUT2D eigenvalue weighted by Crippen LogP contribution is 2.36. The molecule has 0 spiro atoms. The molecular weight excluding hydrogens is 344 g/mol. The molecule has 0 bridgehead atoms. The topological polar surface area (TPSA) is 96.0 Å². The van der Waals surface area contributed by atoms with E-state index in [4.69, 9.17) is 22.1 Å². The van der Waals surface area contributed by atoms with Gasteiger partial charge in [-0.1, -0.05) is 11.6 Å². The van der Waals surface area contributed by atoms with E-state index < -0.39 is 12.2 Å². The molecule has 3 atom stereocenters. The van der Waals surface area contributed by atoms with Gasteiger partial charge in [0.25, 0.3) is 5.91 Å². The molecule has 7 heteroatoms. The minimum absolute atomic E-state index is 0.141. The van der Waals surface area contributed by atoms with E-state index in [1.54, 1.807) is 17.0 Å². The van der Waals surface area contributed by atoms with Crippen LogP contribution in [0.25, 0.3) is 0 Å². The van der Waals surface area contributed by atoms with Crippen LogP contribution in [0.3, 0.4) is 0 Å². The summed E-state index contributed by atoms with van der Waals surface area (Å²) in [4.78, 5) is 14.2. The van der Waals surface area contributed by atoms with Crippen LogP contribution in [-0.4, -0.2) is 52.9 Å². The van der Waals surface area contributed by atoms with Gasteiger partial charge in [-0.25, -0.2) is 0 Å². The van der Waals surface area contributed by atoms with E-state index >= 15 is 0 Å². The van der Waals surface area contributed by atoms with Crippen LogP contribution in [0.15, 0.2) is 12.1 Å². The Morgan fingerprint density at radius 2 is 2.04 bits per heavy atom. The summed E-state index contributed by atoms with van der Waals surface area (Å²) in [6.45, 7) is 3.40. The van der Waals surface area contributed by atoms with Crippen molar-refractivity contribution in [3.05, 3.63) is 28.3 Å². The quantitative estimate of drug-likeness (QED) is 0.755. The van der Waals surface area contributed by atoms with Gasteiger partial charge in [-0.2, -0.15) is 0 Å². The number of likely N-dealkylation sites (tertiary alicyclic amines) is 1. The monoisotopic (exact) mass is 368 g/mol. The number of carbonyl (C=O) groups is 1. The molecule has 2 aliphatic heterocycles. The van der Waals surface area contributed by atoms with Gasteiger partial charge in [0.1, 0.15) is 5.75 Å². The highest BCUT2D eigenvalue weighted by Gasteiger charge is 2.37. The van der Waals surface area contributed by atoms with Crippen molar-refractivity contribution in [2.45, 2.75) is 44.4 Å². The van der Waals surface area contributed by atoms with Crippen molar-refractivity contribution in [1.82, 2.24) is 4.90 Å². The maximum absolute atomic E-state index is 12.4. The number of nitrogens with two attached hydrogens (primary N) is 1. The molecule has 0 saturated carbocycles. The second-order valence-corrected chi connectivity index (χ2v) is 7.40. The summed E-state index contributed by atoms with van der Waals surface area (Å²) in [6.07, 6.45) is 0.538. The predicted octanol–water partition coefficient (Wildman–Crippen LogP) is 1.74. The number of phenols is 1. The summed E-state index contributed by atoms with van der Waals surface area (Å²) in [6, 6.07) is 3.04. The number of aliphatic hydroxyl groups is 1. The third-order valence-electron chi connectivity index (χ3n) is 5.33. The van der Waals surface area contributed by atoms with Crippen molar-refractivity contribution in [3.63, 3.8) is 0 Å². The van der Waals surface area contributed by atoms with Gasteiger partial charge in [-0.05, 0) is 49.8 Å². The van der Waals surface area contributed by atoms with Gasteiger partial charge in [0.2, 0.25) is 0 Å². The Balaban J connectivity index is 1.62. The van der Waals surface area contributed by atoms with Gasteiger partial charge >= 0.3 is 0 Å². The molecule has 3 rings (SSSR count). The number of halogens is 1. The predicted molar refractivity (Wildman–Crippen MR) is 94.5 cm³/mol. The molecule has 4 N–H and O–H groups in total. The van der Waals surface area contributed by atoms with Gasteiger partial charge in [0.15, 0.2) is 6.10 Å². The van der Waals surface area contributed by atoms with Crippen LogP contribution in [0, 0.1) is 12.8 Å². The Kier molecular flexibility index (Phi) is 5.53. The van der Waals surface area contributed by atoms with Gasteiger partial charge < -0.3 is 25.6 Å². The number of ether oxygens (including phenoxy) is 1. The maximum Gasteiger partial charge on any atom is 0.254 e. The van der Waals surface area contributed by atoms with Crippen LogP contribution >= 0.6 is 11.6 Å². The van der Waals surface area contributed by atoms with E-state index in [9.17, 15) is 15.0 Å². The smallest absolute Gasteiger partial charge is 0.254 e. The largest absolute Gasteiger partial charge is 0.508 e. The Labute approximate surface area is 152 Å². The SMILES string of the molecule is Cc1cc(O)c([C@H](N)C2CCN(C(=O)C3OCCC3O)CC2)cc1Cl. The number of hydrogen-bond donors (Lipinski definition) is 3. The maximum atomic E-state index is 12.4. The Hall–Kier alpha value is -1.34. The van der Waals surface area contributed by atoms with Crippen LogP contribution in [0.4, 0.5) is 0 Å². The molecule has 1 aromatic rings. The number of hydrogen-bond acceptors (Lipinski definition) is 5. The number of benzene rings is 1. The summed E-state index contributed by atoms with van der Waals surface area (Å²) >= 11 is 6.16. The van der Waals surface area contributed by atoms with Crippen LogP contribution in [0.5, 0.6) is 5.75 Å². The summed E-state index contributed by atoms with van der Waals surface area (Å²) in [5.41, 5.74) is 7.83. The standard InChI is InChI=1S/C18H25ClN2O4/c1-10-8-15(23)12(9-13(10)19)16(20)11-2-5-21(6-3-11)18(24)17-14(22)4-7-25-17/h8-9,11,14,16-17,22-23H,2-7,20H2,1H3/t14?,16-,17?/m1/s1. The van der Waals surface area contributed by atoms with Crippen molar-refractivity contribution in [1.29, 1.82) is 0 Å². The van der Waals surface area contributed by atoms with Crippen LogP contribution in [0.1, 0.15) is 36.4 Å². The molecule has 1 amide bonds. The number of carbonyl (C=O) groups excluding carboxylic acids is 1. The number of aliphatic hydroxyl groups excluding tert-OH is 1. The lowest BCUT2D eigenvalue weighted by atomic mass is 9.85. The fourth-order valence-electron chi connectivity index (χ4n) is 3.68. The second kappa shape index (κ2) is 7.50. The Morgan fingerprint density at radius 1 is 1.36 bits per heavy atom. The van der Waals surface area contributed by atoms with E-state index in [1.807, 2.05) is 6.92 Å². The summed E-state index contributed by atoms with van der Waals surface area (Å²) in [5.74, 6) is 0.178. The molecule has 2 unspecified atom stereocenters. The fourth-order valence-corrected chi connectivity index (χ4v) is 3.85. The van der Waals surface area contributed by atoms with Crippen molar-refractivity contribution in [2.24, 2.45) is 11.7 Å². The fraction of sp³-hybridized carbons (Fsp3) is 0.611. The molecule has 0 aromatic heterocycles. The number of aromatic hydroxyl groups is 1. The van der Waals surface area contributed by atoms with Gasteiger partial charge in [0, 0.05) is 29.7 Å². The number of phenolic OH excluding ortho intramolecular Hbond substituents is 1. The van der Waals surface area contributed by atoms with E-state index in [-0.39, 0.29) is 23.6 Å². The summed E-state index contributed by atoms with van der Waals surface area (Å²) in [7, 11) is 0. The Bertz CT molecular complexity index is 646. The van der Waals surface area contributed by atoms with Crippen molar-refractivity contribution in [3.8, 4) is 5.75 Å². The molecule has 2 heterocycles. The van der Waals surface area contributed by atoms with E-state index in [1.165, 1.54) is 0 Å². The third kappa shape index (κ3) is 3.77. The van der Waals surface area contributed by atoms with Crippen LogP contribution in [-0.2, 0) is 9.53 Å².